The molecule has 0 bridgehead atoms. The molecule has 0 atom stereocenters. The van der Waals surface area contributed by atoms with Crippen LogP contribution in [0.3, 0.4) is 0 Å². The van der Waals surface area contributed by atoms with Crippen molar-refractivity contribution in [2.24, 2.45) is 0 Å². The summed E-state index contributed by atoms with van der Waals surface area (Å²) in [6, 6.07) is 19.6. The number of para-hydroxylation sites is 1. The molecular weight excluding hydrogens is 406 g/mol. The minimum Gasteiger partial charge on any atom is -0.336 e. The number of tetrazole rings is 1. The molecule has 1 saturated heterocycles. The molecule has 2 amide bonds. The number of anilines is 1. The molecule has 1 aliphatic rings. The van der Waals surface area contributed by atoms with Crippen molar-refractivity contribution in [2.45, 2.75) is 6.54 Å². The van der Waals surface area contributed by atoms with E-state index in [-0.39, 0.29) is 6.03 Å². The summed E-state index contributed by atoms with van der Waals surface area (Å²) in [7, 11) is 0. The molecule has 2 aromatic heterocycles. The lowest BCUT2D eigenvalue weighted by molar-refractivity contribution is 0.193. The van der Waals surface area contributed by atoms with Gasteiger partial charge in [0.2, 0.25) is 5.95 Å². The zero-order valence-electron chi connectivity index (χ0n) is 17.4. The van der Waals surface area contributed by atoms with Crippen LogP contribution in [0.5, 0.6) is 0 Å². The van der Waals surface area contributed by atoms with E-state index in [1.807, 2.05) is 71.8 Å². The fraction of sp³-hybridized carbons (Fsp3) is 0.227. The van der Waals surface area contributed by atoms with Gasteiger partial charge in [-0.2, -0.15) is 9.78 Å². The second-order valence-electron chi connectivity index (χ2n) is 7.48. The molecule has 4 aromatic rings. The molecular formula is C22H23N9O. The van der Waals surface area contributed by atoms with Crippen molar-refractivity contribution in [3.05, 3.63) is 78.6 Å². The molecule has 0 radical (unpaired) electrons. The highest BCUT2D eigenvalue weighted by Gasteiger charge is 2.24. The van der Waals surface area contributed by atoms with Gasteiger partial charge in [-0.05, 0) is 46.3 Å². The zero-order valence-corrected chi connectivity index (χ0v) is 17.4. The van der Waals surface area contributed by atoms with Gasteiger partial charge in [-0.1, -0.05) is 35.4 Å². The Hall–Kier alpha value is -4.21. The van der Waals surface area contributed by atoms with Crippen LogP contribution >= 0.6 is 0 Å². The summed E-state index contributed by atoms with van der Waals surface area (Å²) in [4.78, 5) is 16.6. The van der Waals surface area contributed by atoms with Gasteiger partial charge >= 0.3 is 6.03 Å². The van der Waals surface area contributed by atoms with Gasteiger partial charge in [0.1, 0.15) is 0 Å². The smallest absolute Gasteiger partial charge is 0.317 e. The average molecular weight is 429 g/mol. The number of rotatable bonds is 5. The molecule has 32 heavy (non-hydrogen) atoms. The van der Waals surface area contributed by atoms with E-state index in [0.717, 1.165) is 16.9 Å². The average Bonchev–Trinajstić information content (AvgIpc) is 3.56. The van der Waals surface area contributed by atoms with Crippen LogP contribution in [0.25, 0.3) is 11.4 Å². The van der Waals surface area contributed by atoms with E-state index in [1.54, 1.807) is 15.6 Å². The van der Waals surface area contributed by atoms with E-state index in [4.69, 9.17) is 0 Å². The van der Waals surface area contributed by atoms with Crippen molar-refractivity contribution in [1.29, 1.82) is 0 Å². The Morgan fingerprint density at radius 2 is 1.75 bits per heavy atom. The number of urea groups is 1. The molecule has 10 nitrogen and oxygen atoms in total. The van der Waals surface area contributed by atoms with Gasteiger partial charge < -0.3 is 15.1 Å². The Balaban J connectivity index is 1.17. The fourth-order valence-electron chi connectivity index (χ4n) is 3.75. The monoisotopic (exact) mass is 429 g/mol. The summed E-state index contributed by atoms with van der Waals surface area (Å²) in [6.07, 6.45) is 3.64. The highest BCUT2D eigenvalue weighted by Crippen LogP contribution is 2.17. The van der Waals surface area contributed by atoms with Gasteiger partial charge in [-0.25, -0.2) is 9.48 Å². The van der Waals surface area contributed by atoms with E-state index < -0.39 is 0 Å². The van der Waals surface area contributed by atoms with Crippen molar-refractivity contribution in [3.8, 4) is 11.4 Å². The molecule has 5 rings (SSSR count). The maximum atomic E-state index is 12.7. The minimum absolute atomic E-state index is 0.0724. The molecule has 162 valence electrons. The summed E-state index contributed by atoms with van der Waals surface area (Å²) < 4.78 is 3.52. The van der Waals surface area contributed by atoms with Crippen LogP contribution in [0.15, 0.2) is 73.1 Å². The Labute approximate surface area is 185 Å². The van der Waals surface area contributed by atoms with E-state index in [1.165, 1.54) is 0 Å². The standard InChI is InChI=1S/C22H23N9O/c32-22(23-17-18-6-4-9-20(16-18)30-11-5-10-24-30)29-14-12-28(13-15-29)21-25-26-27-31(21)19-7-2-1-3-8-19/h1-11,16H,12-15,17H2,(H,23,32). The molecule has 0 aliphatic carbocycles. The number of amides is 2. The largest absolute Gasteiger partial charge is 0.336 e. The van der Waals surface area contributed by atoms with Crippen LogP contribution in [-0.2, 0) is 6.54 Å². The van der Waals surface area contributed by atoms with E-state index >= 15 is 0 Å². The number of nitrogens with one attached hydrogen (secondary N) is 1. The van der Waals surface area contributed by atoms with Crippen LogP contribution in [0.2, 0.25) is 0 Å². The Morgan fingerprint density at radius 1 is 0.938 bits per heavy atom. The topological polar surface area (TPSA) is 97.0 Å². The third kappa shape index (κ3) is 4.15. The molecule has 3 heterocycles. The molecule has 1 N–H and O–H groups in total. The maximum Gasteiger partial charge on any atom is 0.317 e. The predicted molar refractivity (Wildman–Crippen MR) is 119 cm³/mol. The lowest BCUT2D eigenvalue weighted by atomic mass is 10.2. The van der Waals surface area contributed by atoms with Crippen LogP contribution in [0, 0.1) is 0 Å². The quantitative estimate of drug-likeness (QED) is 0.520. The van der Waals surface area contributed by atoms with Crippen molar-refractivity contribution >= 4 is 12.0 Å². The van der Waals surface area contributed by atoms with Crippen molar-refractivity contribution in [1.82, 2.24) is 40.2 Å². The molecule has 0 saturated carbocycles. The Bertz CT molecular complexity index is 1170. The van der Waals surface area contributed by atoms with E-state index in [9.17, 15) is 4.79 Å². The second-order valence-corrected chi connectivity index (χ2v) is 7.48. The molecule has 0 unspecified atom stereocenters. The fourth-order valence-corrected chi connectivity index (χ4v) is 3.75. The number of carbonyl (C=O) groups excluding carboxylic acids is 1. The third-order valence-electron chi connectivity index (χ3n) is 5.43. The van der Waals surface area contributed by atoms with Gasteiger partial charge in [0.15, 0.2) is 0 Å². The van der Waals surface area contributed by atoms with Crippen LogP contribution in [-0.4, -0.2) is 67.1 Å². The lowest BCUT2D eigenvalue weighted by Gasteiger charge is -2.34. The molecule has 2 aromatic carbocycles. The number of hydrogen-bond donors (Lipinski definition) is 1. The number of benzene rings is 2. The van der Waals surface area contributed by atoms with Crippen LogP contribution in [0.4, 0.5) is 10.7 Å². The van der Waals surface area contributed by atoms with E-state index in [2.05, 4.69) is 30.8 Å². The van der Waals surface area contributed by atoms with Crippen LogP contribution < -0.4 is 10.2 Å². The first-order valence-electron chi connectivity index (χ1n) is 10.5. The number of carbonyl (C=O) groups is 1. The lowest BCUT2D eigenvalue weighted by Crippen LogP contribution is -2.52. The predicted octanol–water partition coefficient (Wildman–Crippen LogP) is 1.88. The van der Waals surface area contributed by atoms with Gasteiger partial charge in [0, 0.05) is 45.1 Å². The first-order chi connectivity index (χ1) is 15.8. The second kappa shape index (κ2) is 8.88. The summed E-state index contributed by atoms with van der Waals surface area (Å²) in [5, 5.41) is 19.4. The van der Waals surface area contributed by atoms with Crippen molar-refractivity contribution in [2.75, 3.05) is 31.1 Å². The molecule has 1 fully saturated rings. The number of hydrogen-bond acceptors (Lipinski definition) is 6. The summed E-state index contributed by atoms with van der Waals surface area (Å²) in [5.74, 6) is 0.687. The first-order valence-corrected chi connectivity index (χ1v) is 10.5. The van der Waals surface area contributed by atoms with Crippen molar-refractivity contribution in [3.63, 3.8) is 0 Å². The molecule has 1 aliphatic heterocycles. The van der Waals surface area contributed by atoms with Crippen molar-refractivity contribution < 1.29 is 4.79 Å². The zero-order chi connectivity index (χ0) is 21.8. The number of aromatic nitrogens is 6. The van der Waals surface area contributed by atoms with E-state index in [0.29, 0.717) is 38.7 Å². The highest BCUT2D eigenvalue weighted by atomic mass is 16.2. The Kier molecular flexibility index (Phi) is 5.48. The summed E-state index contributed by atoms with van der Waals surface area (Å²) in [5.41, 5.74) is 2.89. The third-order valence-corrected chi connectivity index (χ3v) is 5.43. The highest BCUT2D eigenvalue weighted by molar-refractivity contribution is 5.74. The first kappa shape index (κ1) is 19.7. The SMILES string of the molecule is O=C(NCc1cccc(-n2cccn2)c1)N1CCN(c2nnnn2-c2ccccc2)CC1. The summed E-state index contributed by atoms with van der Waals surface area (Å²) in [6.45, 7) is 2.98. The van der Waals surface area contributed by atoms with Gasteiger partial charge in [-0.3, -0.25) is 0 Å². The van der Waals surface area contributed by atoms with Crippen LogP contribution in [0.1, 0.15) is 5.56 Å². The molecule has 10 heteroatoms. The normalized spacial score (nSPS) is 13.9. The van der Waals surface area contributed by atoms with Gasteiger partial charge in [0.25, 0.3) is 0 Å². The maximum absolute atomic E-state index is 12.7. The van der Waals surface area contributed by atoms with Gasteiger partial charge in [0.05, 0.1) is 11.4 Å². The minimum atomic E-state index is -0.0724. The number of piperazine rings is 1. The number of nitrogens with zero attached hydrogens (tertiary/aromatic N) is 8. The molecule has 0 spiro atoms. The van der Waals surface area contributed by atoms with Gasteiger partial charge in [-0.15, -0.1) is 0 Å². The Morgan fingerprint density at radius 3 is 2.53 bits per heavy atom. The summed E-state index contributed by atoms with van der Waals surface area (Å²) >= 11 is 0.